The van der Waals surface area contributed by atoms with Gasteiger partial charge in [-0.1, -0.05) is 28.1 Å². The zero-order chi connectivity index (χ0) is 15.9. The standard InChI is InChI=1S/C16H17BrN2O3/c1-11(20)18-6-7-19-16(21)10-22-15-5-3-12-8-14(17)4-2-13(12)9-15/h2-5,8-9H,6-7,10H2,1H3,(H,18,20)(H,19,21). The molecule has 0 aliphatic carbocycles. The van der Waals surface area contributed by atoms with Crippen LogP contribution in [0.1, 0.15) is 6.92 Å². The Morgan fingerprint density at radius 2 is 1.73 bits per heavy atom. The fourth-order valence-electron chi connectivity index (χ4n) is 1.92. The summed E-state index contributed by atoms with van der Waals surface area (Å²) in [6.07, 6.45) is 0. The van der Waals surface area contributed by atoms with E-state index in [2.05, 4.69) is 26.6 Å². The minimum absolute atomic E-state index is 0.0535. The molecule has 0 spiro atoms. The summed E-state index contributed by atoms with van der Waals surface area (Å²) in [5.74, 6) is 0.307. The largest absolute Gasteiger partial charge is 0.484 e. The number of rotatable bonds is 6. The van der Waals surface area contributed by atoms with E-state index in [0.29, 0.717) is 18.8 Å². The van der Waals surface area contributed by atoms with Crippen LogP contribution in [0, 0.1) is 0 Å². The molecule has 0 atom stereocenters. The fourth-order valence-corrected chi connectivity index (χ4v) is 2.30. The van der Waals surface area contributed by atoms with Gasteiger partial charge in [-0.05, 0) is 35.0 Å². The van der Waals surface area contributed by atoms with Crippen molar-refractivity contribution in [3.63, 3.8) is 0 Å². The van der Waals surface area contributed by atoms with E-state index in [1.165, 1.54) is 6.92 Å². The number of ether oxygens (including phenoxy) is 1. The summed E-state index contributed by atoms with van der Waals surface area (Å²) in [7, 11) is 0. The number of carbonyl (C=O) groups is 2. The zero-order valence-electron chi connectivity index (χ0n) is 12.2. The normalized spacial score (nSPS) is 10.3. The molecule has 0 saturated heterocycles. The third-order valence-corrected chi connectivity index (χ3v) is 3.46. The van der Waals surface area contributed by atoms with Crippen molar-refractivity contribution in [1.82, 2.24) is 10.6 Å². The summed E-state index contributed by atoms with van der Waals surface area (Å²) in [6, 6.07) is 11.6. The van der Waals surface area contributed by atoms with Crippen LogP contribution in [0.25, 0.3) is 10.8 Å². The van der Waals surface area contributed by atoms with Crippen LogP contribution in [0.5, 0.6) is 5.75 Å². The molecule has 0 aliphatic heterocycles. The summed E-state index contributed by atoms with van der Waals surface area (Å²) >= 11 is 3.43. The third-order valence-electron chi connectivity index (χ3n) is 2.96. The molecule has 2 N–H and O–H groups in total. The van der Waals surface area contributed by atoms with Crippen LogP contribution < -0.4 is 15.4 Å². The molecule has 0 saturated carbocycles. The molecule has 5 nitrogen and oxygen atoms in total. The van der Waals surface area contributed by atoms with Gasteiger partial charge >= 0.3 is 0 Å². The predicted octanol–water partition coefficient (Wildman–Crippen LogP) is 2.23. The highest BCUT2D eigenvalue weighted by atomic mass is 79.9. The quantitative estimate of drug-likeness (QED) is 0.772. The average molecular weight is 365 g/mol. The number of nitrogens with one attached hydrogen (secondary N) is 2. The molecular formula is C16H17BrN2O3. The first-order valence-corrected chi connectivity index (χ1v) is 7.67. The minimum Gasteiger partial charge on any atom is -0.484 e. The van der Waals surface area contributed by atoms with Crippen molar-refractivity contribution in [3.05, 3.63) is 40.9 Å². The van der Waals surface area contributed by atoms with Gasteiger partial charge < -0.3 is 15.4 Å². The Labute approximate surface area is 137 Å². The SMILES string of the molecule is CC(=O)NCCNC(=O)COc1ccc2cc(Br)ccc2c1. The van der Waals surface area contributed by atoms with Gasteiger partial charge in [-0.3, -0.25) is 9.59 Å². The summed E-state index contributed by atoms with van der Waals surface area (Å²) in [4.78, 5) is 22.3. The van der Waals surface area contributed by atoms with Gasteiger partial charge in [-0.2, -0.15) is 0 Å². The van der Waals surface area contributed by atoms with E-state index >= 15 is 0 Å². The molecule has 0 aromatic heterocycles. The lowest BCUT2D eigenvalue weighted by Gasteiger charge is -2.08. The van der Waals surface area contributed by atoms with E-state index in [1.54, 1.807) is 0 Å². The van der Waals surface area contributed by atoms with Gasteiger partial charge in [0.25, 0.3) is 5.91 Å². The Morgan fingerprint density at radius 3 is 2.50 bits per heavy atom. The maximum atomic E-state index is 11.6. The van der Waals surface area contributed by atoms with Gasteiger partial charge in [0.2, 0.25) is 5.91 Å². The number of halogens is 1. The smallest absolute Gasteiger partial charge is 0.258 e. The topological polar surface area (TPSA) is 67.4 Å². The maximum absolute atomic E-state index is 11.6. The highest BCUT2D eigenvalue weighted by Crippen LogP contribution is 2.23. The van der Waals surface area contributed by atoms with Crippen molar-refractivity contribution in [2.24, 2.45) is 0 Å². The number of fused-ring (bicyclic) bond motifs is 1. The van der Waals surface area contributed by atoms with Gasteiger partial charge in [0.1, 0.15) is 5.75 Å². The maximum Gasteiger partial charge on any atom is 0.258 e. The number of carbonyl (C=O) groups excluding carboxylic acids is 2. The van der Waals surface area contributed by atoms with E-state index in [1.807, 2.05) is 36.4 Å². The molecule has 0 bridgehead atoms. The van der Waals surface area contributed by atoms with Gasteiger partial charge in [0.15, 0.2) is 6.61 Å². The van der Waals surface area contributed by atoms with Crippen LogP contribution >= 0.6 is 15.9 Å². The molecule has 0 radical (unpaired) electrons. The van der Waals surface area contributed by atoms with Crippen molar-refractivity contribution >= 4 is 38.5 Å². The first kappa shape index (κ1) is 16.3. The molecule has 116 valence electrons. The molecule has 2 aromatic rings. The van der Waals surface area contributed by atoms with Crippen LogP contribution in [0.4, 0.5) is 0 Å². The van der Waals surface area contributed by atoms with Gasteiger partial charge in [-0.25, -0.2) is 0 Å². The monoisotopic (exact) mass is 364 g/mol. The second-order valence-electron chi connectivity index (χ2n) is 4.77. The molecule has 22 heavy (non-hydrogen) atoms. The third kappa shape index (κ3) is 5.04. The summed E-state index contributed by atoms with van der Waals surface area (Å²) in [5, 5.41) is 7.42. The molecule has 0 unspecified atom stereocenters. The summed E-state index contributed by atoms with van der Waals surface area (Å²) < 4.78 is 6.49. The summed E-state index contributed by atoms with van der Waals surface area (Å²) in [5.41, 5.74) is 0. The van der Waals surface area contributed by atoms with Crippen molar-refractivity contribution < 1.29 is 14.3 Å². The number of benzene rings is 2. The molecule has 2 rings (SSSR count). The number of amides is 2. The molecule has 0 aliphatic rings. The Kier molecular flexibility index (Phi) is 5.77. The van der Waals surface area contributed by atoms with Crippen LogP contribution in [-0.4, -0.2) is 31.5 Å². The van der Waals surface area contributed by atoms with E-state index in [-0.39, 0.29) is 18.4 Å². The second kappa shape index (κ2) is 7.79. The molecule has 2 amide bonds. The van der Waals surface area contributed by atoms with E-state index in [4.69, 9.17) is 4.74 Å². The molecule has 0 heterocycles. The number of hydrogen-bond acceptors (Lipinski definition) is 3. The Morgan fingerprint density at radius 1 is 1.05 bits per heavy atom. The number of hydrogen-bond donors (Lipinski definition) is 2. The molecule has 6 heteroatoms. The van der Waals surface area contributed by atoms with E-state index < -0.39 is 0 Å². The first-order valence-electron chi connectivity index (χ1n) is 6.88. The molecule has 0 fully saturated rings. The van der Waals surface area contributed by atoms with Gasteiger partial charge in [-0.15, -0.1) is 0 Å². The van der Waals surface area contributed by atoms with Crippen LogP contribution in [-0.2, 0) is 9.59 Å². The van der Waals surface area contributed by atoms with Crippen LogP contribution in [0.2, 0.25) is 0 Å². The summed E-state index contributed by atoms with van der Waals surface area (Å²) in [6.45, 7) is 2.17. The fraction of sp³-hybridized carbons (Fsp3) is 0.250. The van der Waals surface area contributed by atoms with E-state index in [9.17, 15) is 9.59 Å². The zero-order valence-corrected chi connectivity index (χ0v) is 13.8. The lowest BCUT2D eigenvalue weighted by Crippen LogP contribution is -2.36. The highest BCUT2D eigenvalue weighted by Gasteiger charge is 2.03. The Balaban J connectivity index is 1.82. The Hall–Kier alpha value is -2.08. The second-order valence-corrected chi connectivity index (χ2v) is 5.69. The lowest BCUT2D eigenvalue weighted by molar-refractivity contribution is -0.123. The molecule has 2 aromatic carbocycles. The first-order chi connectivity index (χ1) is 10.5. The Bertz CT molecular complexity index is 688. The van der Waals surface area contributed by atoms with Crippen LogP contribution in [0.3, 0.4) is 0 Å². The minimum atomic E-state index is -0.221. The highest BCUT2D eigenvalue weighted by molar-refractivity contribution is 9.10. The predicted molar refractivity (Wildman–Crippen MR) is 88.8 cm³/mol. The van der Waals surface area contributed by atoms with Gasteiger partial charge in [0.05, 0.1) is 0 Å². The lowest BCUT2D eigenvalue weighted by atomic mass is 10.1. The average Bonchev–Trinajstić information content (AvgIpc) is 2.49. The van der Waals surface area contributed by atoms with Crippen molar-refractivity contribution in [3.8, 4) is 5.75 Å². The van der Waals surface area contributed by atoms with E-state index in [0.717, 1.165) is 15.2 Å². The van der Waals surface area contributed by atoms with Crippen molar-refractivity contribution in [2.45, 2.75) is 6.92 Å². The van der Waals surface area contributed by atoms with Crippen LogP contribution in [0.15, 0.2) is 40.9 Å². The van der Waals surface area contributed by atoms with Crippen molar-refractivity contribution in [2.75, 3.05) is 19.7 Å². The van der Waals surface area contributed by atoms with Crippen molar-refractivity contribution in [1.29, 1.82) is 0 Å². The molecular weight excluding hydrogens is 348 g/mol. The van der Waals surface area contributed by atoms with Gasteiger partial charge in [0, 0.05) is 24.5 Å².